The number of halogens is 3. The summed E-state index contributed by atoms with van der Waals surface area (Å²) in [4.78, 5) is 13.1. The molecule has 1 saturated heterocycles. The Morgan fingerprint density at radius 3 is 2.42 bits per heavy atom. The largest absolute Gasteiger partial charge is 0.339 e. The average Bonchev–Trinajstić information content (AvgIpc) is 2.79. The molecule has 1 aliphatic rings. The van der Waals surface area contributed by atoms with E-state index in [0.717, 1.165) is 25.0 Å². The Morgan fingerprint density at radius 2 is 1.89 bits per heavy atom. The average molecular weight is 371 g/mol. The first kappa shape index (κ1) is 14.7. The third kappa shape index (κ3) is 3.09. The van der Waals surface area contributed by atoms with Gasteiger partial charge in [0.2, 0.25) is 0 Å². The van der Waals surface area contributed by atoms with E-state index in [9.17, 15) is 17.6 Å². The van der Waals surface area contributed by atoms with Crippen molar-refractivity contribution >= 4 is 41.6 Å². The molecule has 4 nitrogen and oxygen atoms in total. The fourth-order valence-corrected chi connectivity index (χ4v) is 3.36. The normalized spacial score (nSPS) is 15.8. The minimum absolute atomic E-state index is 0.0996. The predicted octanol–water partition coefficient (Wildman–Crippen LogP) is 2.75. The summed E-state index contributed by atoms with van der Waals surface area (Å²) in [5, 5.41) is 0. The summed E-state index contributed by atoms with van der Waals surface area (Å²) in [5.41, 5.74) is 0.0996. The molecule has 1 fully saturated rings. The van der Waals surface area contributed by atoms with E-state index >= 15 is 0 Å². The first-order valence-electron chi connectivity index (χ1n) is 5.53. The zero-order chi connectivity index (χ0) is 14.2. The SMILES string of the molecule is O=C(c1cc(S(=O)(=O)Cl)c(F)cc1Br)N1CCCC1. The van der Waals surface area contributed by atoms with Crippen LogP contribution in [0.25, 0.3) is 0 Å². The third-order valence-corrected chi connectivity index (χ3v) is 4.90. The van der Waals surface area contributed by atoms with Crippen LogP contribution in [-0.2, 0) is 9.05 Å². The quantitative estimate of drug-likeness (QED) is 0.752. The van der Waals surface area contributed by atoms with Crippen LogP contribution in [0.3, 0.4) is 0 Å². The number of nitrogens with zero attached hydrogens (tertiary/aromatic N) is 1. The molecule has 2 rings (SSSR count). The van der Waals surface area contributed by atoms with Crippen LogP contribution in [0.5, 0.6) is 0 Å². The lowest BCUT2D eigenvalue weighted by Crippen LogP contribution is -2.28. The van der Waals surface area contributed by atoms with E-state index in [-0.39, 0.29) is 15.9 Å². The zero-order valence-corrected chi connectivity index (χ0v) is 12.9. The van der Waals surface area contributed by atoms with Crippen molar-refractivity contribution in [3.8, 4) is 0 Å². The second-order valence-corrected chi connectivity index (χ2v) is 7.59. The topological polar surface area (TPSA) is 54.5 Å². The third-order valence-electron chi connectivity index (χ3n) is 2.91. The molecule has 1 heterocycles. The highest BCUT2D eigenvalue weighted by atomic mass is 79.9. The first-order chi connectivity index (χ1) is 8.80. The number of carbonyl (C=O) groups is 1. The Bertz CT molecular complexity index is 629. The van der Waals surface area contributed by atoms with Crippen LogP contribution in [0.15, 0.2) is 21.5 Å². The molecule has 0 aliphatic carbocycles. The first-order valence-corrected chi connectivity index (χ1v) is 8.64. The molecular formula is C11H10BrClFNO3S. The van der Waals surface area contributed by atoms with E-state index in [1.165, 1.54) is 0 Å². The van der Waals surface area contributed by atoms with Gasteiger partial charge in [-0.05, 0) is 40.9 Å². The van der Waals surface area contributed by atoms with Crippen LogP contribution in [-0.4, -0.2) is 32.3 Å². The van der Waals surface area contributed by atoms with E-state index in [4.69, 9.17) is 10.7 Å². The Kier molecular flexibility index (Phi) is 4.17. The van der Waals surface area contributed by atoms with Gasteiger partial charge in [0, 0.05) is 28.2 Å². The summed E-state index contributed by atoms with van der Waals surface area (Å²) in [5.74, 6) is -1.31. The lowest BCUT2D eigenvalue weighted by molar-refractivity contribution is 0.0791. The summed E-state index contributed by atoms with van der Waals surface area (Å²) < 4.78 is 36.3. The minimum atomic E-state index is -4.22. The molecule has 19 heavy (non-hydrogen) atoms. The van der Waals surface area contributed by atoms with Crippen molar-refractivity contribution in [1.82, 2.24) is 4.90 Å². The van der Waals surface area contributed by atoms with Gasteiger partial charge in [-0.2, -0.15) is 0 Å². The molecule has 0 spiro atoms. The summed E-state index contributed by atoms with van der Waals surface area (Å²) in [6.07, 6.45) is 1.82. The van der Waals surface area contributed by atoms with E-state index in [1.807, 2.05) is 0 Å². The van der Waals surface area contributed by atoms with Crippen molar-refractivity contribution in [2.45, 2.75) is 17.7 Å². The predicted molar refractivity (Wildman–Crippen MR) is 72.3 cm³/mol. The molecule has 0 unspecified atom stereocenters. The number of hydrogen-bond donors (Lipinski definition) is 0. The van der Waals surface area contributed by atoms with Crippen molar-refractivity contribution in [2.75, 3.05) is 13.1 Å². The monoisotopic (exact) mass is 369 g/mol. The summed E-state index contributed by atoms with van der Waals surface area (Å²) in [7, 11) is 0.920. The molecule has 1 aromatic rings. The number of benzene rings is 1. The lowest BCUT2D eigenvalue weighted by Gasteiger charge is -2.16. The molecule has 8 heteroatoms. The van der Waals surface area contributed by atoms with Gasteiger partial charge in [-0.15, -0.1) is 0 Å². The van der Waals surface area contributed by atoms with Gasteiger partial charge in [0.1, 0.15) is 10.7 Å². The standard InChI is InChI=1S/C11H10BrClFNO3S/c12-8-6-9(14)10(19(13,17)18)5-7(8)11(16)15-3-1-2-4-15/h5-6H,1-4H2. The summed E-state index contributed by atoms with van der Waals surface area (Å²) >= 11 is 3.07. The van der Waals surface area contributed by atoms with Crippen molar-refractivity contribution in [3.05, 3.63) is 28.0 Å². The molecule has 0 atom stereocenters. The van der Waals surface area contributed by atoms with E-state index in [2.05, 4.69) is 15.9 Å². The van der Waals surface area contributed by atoms with Crippen LogP contribution in [0.4, 0.5) is 4.39 Å². The number of likely N-dealkylation sites (tertiary alicyclic amines) is 1. The van der Waals surface area contributed by atoms with E-state index < -0.39 is 19.8 Å². The zero-order valence-electron chi connectivity index (χ0n) is 9.70. The molecule has 104 valence electrons. The van der Waals surface area contributed by atoms with Gasteiger partial charge in [-0.3, -0.25) is 4.79 Å². The fourth-order valence-electron chi connectivity index (χ4n) is 1.97. The van der Waals surface area contributed by atoms with Gasteiger partial charge in [0.25, 0.3) is 15.0 Å². The van der Waals surface area contributed by atoms with Gasteiger partial charge >= 0.3 is 0 Å². The van der Waals surface area contributed by atoms with Crippen LogP contribution in [0.2, 0.25) is 0 Å². The molecule has 0 bridgehead atoms. The molecule has 1 amide bonds. The summed E-state index contributed by atoms with van der Waals surface area (Å²) in [6.45, 7) is 1.23. The van der Waals surface area contributed by atoms with Crippen molar-refractivity contribution < 1.29 is 17.6 Å². The van der Waals surface area contributed by atoms with E-state index in [1.54, 1.807) is 4.90 Å². The molecule has 0 N–H and O–H groups in total. The van der Waals surface area contributed by atoms with Crippen LogP contribution < -0.4 is 0 Å². The number of carbonyl (C=O) groups excluding carboxylic acids is 1. The second-order valence-electron chi connectivity index (χ2n) is 4.20. The summed E-state index contributed by atoms with van der Waals surface area (Å²) in [6, 6.07) is 1.92. The fraction of sp³-hybridized carbons (Fsp3) is 0.364. The van der Waals surface area contributed by atoms with Crippen LogP contribution in [0, 0.1) is 5.82 Å². The van der Waals surface area contributed by atoms with Crippen LogP contribution in [0.1, 0.15) is 23.2 Å². The molecular weight excluding hydrogens is 361 g/mol. The maximum absolute atomic E-state index is 13.5. The van der Waals surface area contributed by atoms with Crippen molar-refractivity contribution in [3.63, 3.8) is 0 Å². The van der Waals surface area contributed by atoms with Gasteiger partial charge in [-0.25, -0.2) is 12.8 Å². The lowest BCUT2D eigenvalue weighted by atomic mass is 10.2. The molecule has 1 aliphatic heterocycles. The Balaban J connectivity index is 2.48. The van der Waals surface area contributed by atoms with Gasteiger partial charge in [0.05, 0.1) is 5.56 Å². The van der Waals surface area contributed by atoms with Crippen LogP contribution >= 0.6 is 26.6 Å². The highest BCUT2D eigenvalue weighted by Gasteiger charge is 2.25. The second kappa shape index (κ2) is 5.38. The maximum atomic E-state index is 13.5. The van der Waals surface area contributed by atoms with Gasteiger partial charge in [-0.1, -0.05) is 0 Å². The Labute approximate surface area is 123 Å². The Morgan fingerprint density at radius 1 is 1.32 bits per heavy atom. The van der Waals surface area contributed by atoms with E-state index in [0.29, 0.717) is 13.1 Å². The Hall–Kier alpha value is -0.660. The number of hydrogen-bond acceptors (Lipinski definition) is 3. The number of rotatable bonds is 2. The highest BCUT2D eigenvalue weighted by molar-refractivity contribution is 9.10. The molecule has 0 radical (unpaired) electrons. The molecule has 0 saturated carbocycles. The highest BCUT2D eigenvalue weighted by Crippen LogP contribution is 2.28. The number of amides is 1. The minimum Gasteiger partial charge on any atom is -0.339 e. The maximum Gasteiger partial charge on any atom is 0.264 e. The van der Waals surface area contributed by atoms with Crippen molar-refractivity contribution in [1.29, 1.82) is 0 Å². The van der Waals surface area contributed by atoms with Gasteiger partial charge < -0.3 is 4.90 Å². The smallest absolute Gasteiger partial charge is 0.264 e. The van der Waals surface area contributed by atoms with Gasteiger partial charge in [0.15, 0.2) is 0 Å². The molecule has 1 aromatic carbocycles. The van der Waals surface area contributed by atoms with Crippen molar-refractivity contribution in [2.24, 2.45) is 0 Å². The molecule has 0 aromatic heterocycles.